The van der Waals surface area contributed by atoms with Gasteiger partial charge in [-0.15, -0.1) is 10.9 Å². The molecule has 0 unspecified atom stereocenters. The van der Waals surface area contributed by atoms with Crippen molar-refractivity contribution in [3.8, 4) is 51.0 Å². The fraction of sp³-hybridized carbons (Fsp3) is 0. The zero-order valence-corrected chi connectivity index (χ0v) is 43.3. The minimum atomic E-state index is 0.593. The zero-order valence-electron chi connectivity index (χ0n) is 43.3. The van der Waals surface area contributed by atoms with E-state index in [1.807, 2.05) is 60.7 Å². The smallest absolute Gasteiger partial charge is 0.164 e. The first kappa shape index (κ1) is 45.2. The zero-order chi connectivity index (χ0) is 49.6. The lowest BCUT2D eigenvalue weighted by Gasteiger charge is -2.22. The maximum absolute atomic E-state index is 7.33. The monoisotopic (exact) mass is 898 g/mol. The minimum absolute atomic E-state index is 0.593. The van der Waals surface area contributed by atoms with Crippen LogP contribution in [-0.2, 0) is 0 Å². The van der Waals surface area contributed by atoms with Crippen molar-refractivity contribution in [1.29, 1.82) is 0 Å². The fourth-order valence-corrected chi connectivity index (χ4v) is 12.1. The summed E-state index contributed by atoms with van der Waals surface area (Å²) in [5, 5.41) is 7.26. The Bertz CT molecular complexity index is 4210. The number of aromatic nitrogens is 4. The molecular formula is C51H44B14N4O2. The second-order valence-corrected chi connectivity index (χ2v) is 20.3. The summed E-state index contributed by atoms with van der Waals surface area (Å²) in [7, 11) is 32.1. The predicted molar refractivity (Wildman–Crippen MR) is 345 cm³/mol. The molecule has 8 aromatic carbocycles. The molecule has 0 spiro atoms. The Morgan fingerprint density at radius 1 is 0.324 bits per heavy atom. The number of hydrogen-bond acceptors (Lipinski definition) is 5. The van der Waals surface area contributed by atoms with Gasteiger partial charge in [-0.1, -0.05) is 127 Å². The highest BCUT2D eigenvalue weighted by Crippen LogP contribution is 2.36. The van der Waals surface area contributed by atoms with Crippen LogP contribution < -0.4 is 76.5 Å². The third kappa shape index (κ3) is 6.45. The van der Waals surface area contributed by atoms with Crippen molar-refractivity contribution in [3.63, 3.8) is 0 Å². The number of nitrogens with zero attached hydrogens (tertiary/aromatic N) is 4. The number of hydrogen-bond donors (Lipinski definition) is 0. The molecule has 0 aliphatic heterocycles. The largest absolute Gasteiger partial charge is 0.457 e. The summed E-state index contributed by atoms with van der Waals surface area (Å²) in [4.78, 5) is 14.9. The van der Waals surface area contributed by atoms with E-state index in [0.717, 1.165) is 66.3 Å². The van der Waals surface area contributed by atoms with E-state index in [1.54, 1.807) is 0 Å². The first-order valence-corrected chi connectivity index (χ1v) is 24.9. The lowest BCUT2D eigenvalue weighted by molar-refractivity contribution is 0.669. The summed E-state index contributed by atoms with van der Waals surface area (Å²) >= 11 is 0. The topological polar surface area (TPSA) is 69.9 Å². The predicted octanol–water partition coefficient (Wildman–Crippen LogP) is -10.9. The molecule has 12 aromatic rings. The van der Waals surface area contributed by atoms with Gasteiger partial charge in [0.05, 0.1) is 0 Å². The molecule has 0 amide bonds. The molecule has 12 rings (SSSR count). The van der Waals surface area contributed by atoms with E-state index >= 15 is 0 Å². The molecule has 0 bridgehead atoms. The van der Waals surface area contributed by atoms with Gasteiger partial charge in [-0.3, -0.25) is 0 Å². The van der Waals surface area contributed by atoms with Gasteiger partial charge in [0.25, 0.3) is 0 Å². The molecule has 71 heavy (non-hydrogen) atoms. The number of furan rings is 2. The molecule has 0 atom stereocenters. The molecule has 6 nitrogen and oxygen atoms in total. The van der Waals surface area contributed by atoms with Gasteiger partial charge >= 0.3 is 0 Å². The molecule has 20 heteroatoms. The third-order valence-corrected chi connectivity index (χ3v) is 16.9. The van der Waals surface area contributed by atoms with Crippen molar-refractivity contribution < 1.29 is 8.83 Å². The standard InChI is InChI=1S/C51H44B14N4O2/c52-30-25(19-12-14-23-22(15-19)21-13-11-20(16-24(21)70-23)51-67-49(17-7-3-1-4-8-17)66-50(68-51)18-9-5-2-6-10-18)35(57)47-28(33(30)55)29-34(56)40(62)46(43(65)48(29)71-47)69-44-26(31(53)36(58)38(60)41(44)63)27-32(54)37(59)39(61)42(64)45(27)69/h1-16H,52-65H2. The summed E-state index contributed by atoms with van der Waals surface area (Å²) in [6.45, 7) is 0. The van der Waals surface area contributed by atoms with Gasteiger partial charge in [-0.25, -0.2) is 15.0 Å². The minimum Gasteiger partial charge on any atom is -0.457 e. The van der Waals surface area contributed by atoms with E-state index in [-0.39, 0.29) is 0 Å². The SMILES string of the molecule is Bc1c(-c2ccc3oc4cc(-c5nc(-c6ccccc6)nc(-c6ccccc6)n5)ccc4c3c2)c(B)c2oc3c(B)c(-n4c5c(B)c(B)c(B)c(B)c5c5c(B)c(B)c(B)c(B)c54)c(B)c(B)c3c2c1B. The van der Waals surface area contributed by atoms with Crippen molar-refractivity contribution in [3.05, 3.63) is 97.1 Å². The molecule has 4 aromatic heterocycles. The van der Waals surface area contributed by atoms with Crippen LogP contribution in [0.25, 0.3) is 117 Å². The Hall–Kier alpha value is -6.92. The molecule has 322 valence electrons. The Morgan fingerprint density at radius 2 is 0.789 bits per heavy atom. The molecule has 0 saturated carbocycles. The van der Waals surface area contributed by atoms with E-state index in [2.05, 4.69) is 151 Å². The molecule has 0 fully saturated rings. The summed E-state index contributed by atoms with van der Waals surface area (Å²) in [6, 6.07) is 33.0. The fourth-order valence-electron chi connectivity index (χ4n) is 12.1. The summed E-state index contributed by atoms with van der Waals surface area (Å²) < 4.78 is 16.6. The Balaban J connectivity index is 1.03. The first-order valence-electron chi connectivity index (χ1n) is 24.9. The molecular weight excluding hydrogens is 852 g/mol. The lowest BCUT2D eigenvalue weighted by Crippen LogP contribution is -2.49. The van der Waals surface area contributed by atoms with E-state index < -0.39 is 0 Å². The molecule has 0 radical (unpaired) electrons. The molecule has 0 aliphatic carbocycles. The van der Waals surface area contributed by atoms with Crippen molar-refractivity contribution in [2.45, 2.75) is 0 Å². The number of fused-ring (bicyclic) bond motifs is 9. The lowest BCUT2D eigenvalue weighted by atomic mass is 9.63. The Kier molecular flexibility index (Phi) is 10.4. The van der Waals surface area contributed by atoms with Crippen LogP contribution in [0.15, 0.2) is 106 Å². The quantitative estimate of drug-likeness (QED) is 0.161. The normalized spacial score (nSPS) is 11.9. The van der Waals surface area contributed by atoms with Gasteiger partial charge in [-0.05, 0) is 57.1 Å². The van der Waals surface area contributed by atoms with Gasteiger partial charge in [0.15, 0.2) is 17.5 Å². The number of rotatable bonds is 5. The highest BCUT2D eigenvalue weighted by atomic mass is 16.3. The van der Waals surface area contributed by atoms with E-state index in [1.165, 1.54) is 109 Å². The van der Waals surface area contributed by atoms with Crippen LogP contribution in [0.3, 0.4) is 0 Å². The Labute approximate surface area is 426 Å². The summed E-state index contributed by atoms with van der Waals surface area (Å²) in [5.74, 6) is 1.84. The second-order valence-electron chi connectivity index (χ2n) is 20.3. The van der Waals surface area contributed by atoms with Gasteiger partial charge in [0.2, 0.25) is 0 Å². The van der Waals surface area contributed by atoms with Crippen LogP contribution in [-0.4, -0.2) is 129 Å². The van der Waals surface area contributed by atoms with Gasteiger partial charge in [0, 0.05) is 55.0 Å². The summed E-state index contributed by atoms with van der Waals surface area (Å²) in [6.07, 6.45) is 0. The van der Waals surface area contributed by atoms with E-state index in [0.29, 0.717) is 17.5 Å². The average molecular weight is 896 g/mol. The average Bonchev–Trinajstić information content (AvgIpc) is 4.09. The van der Waals surface area contributed by atoms with Crippen LogP contribution >= 0.6 is 0 Å². The van der Waals surface area contributed by atoms with Crippen molar-refractivity contribution in [2.75, 3.05) is 0 Å². The molecule has 0 N–H and O–H groups in total. The van der Waals surface area contributed by atoms with Crippen molar-refractivity contribution in [1.82, 2.24) is 19.5 Å². The molecule has 0 aliphatic rings. The van der Waals surface area contributed by atoms with Crippen molar-refractivity contribution in [2.24, 2.45) is 0 Å². The van der Waals surface area contributed by atoms with Crippen LogP contribution in [0, 0.1) is 0 Å². The van der Waals surface area contributed by atoms with Crippen LogP contribution in [0.2, 0.25) is 0 Å². The maximum Gasteiger partial charge on any atom is 0.164 e. The van der Waals surface area contributed by atoms with E-state index in [4.69, 9.17) is 23.8 Å². The van der Waals surface area contributed by atoms with Crippen LogP contribution in [0.1, 0.15) is 0 Å². The molecule has 0 saturated heterocycles. The van der Waals surface area contributed by atoms with E-state index in [9.17, 15) is 0 Å². The second kappa shape index (κ2) is 16.3. The van der Waals surface area contributed by atoms with Crippen LogP contribution in [0.5, 0.6) is 0 Å². The third-order valence-electron chi connectivity index (χ3n) is 16.9. The molecule has 4 heterocycles. The first-order chi connectivity index (χ1) is 34.1. The van der Waals surface area contributed by atoms with Gasteiger partial charge in [-0.2, -0.15) is 0 Å². The summed E-state index contributed by atoms with van der Waals surface area (Å²) in [5.41, 5.74) is 30.6. The van der Waals surface area contributed by atoms with Gasteiger partial charge < -0.3 is 13.4 Å². The number of benzene rings is 8. The highest BCUT2D eigenvalue weighted by molar-refractivity contribution is 6.72. The maximum atomic E-state index is 7.33. The Morgan fingerprint density at radius 3 is 1.34 bits per heavy atom. The van der Waals surface area contributed by atoms with Crippen molar-refractivity contribution >= 4 is 252 Å². The van der Waals surface area contributed by atoms with Gasteiger partial charge in [0.1, 0.15) is 132 Å². The highest BCUT2D eigenvalue weighted by Gasteiger charge is 2.29. The van der Waals surface area contributed by atoms with Crippen LogP contribution in [0.4, 0.5) is 0 Å².